The van der Waals surface area contributed by atoms with Gasteiger partial charge in [-0.2, -0.15) is 0 Å². The number of nitrogens with two attached hydrogens (primary N) is 1. The van der Waals surface area contributed by atoms with E-state index in [1.165, 1.54) is 39.0 Å². The van der Waals surface area contributed by atoms with Gasteiger partial charge < -0.3 is 20.7 Å². The van der Waals surface area contributed by atoms with Gasteiger partial charge in [-0.15, -0.1) is 0 Å². The fourth-order valence-corrected chi connectivity index (χ4v) is 10.7. The number of aldehydes is 1. The second kappa shape index (κ2) is 17.5. The monoisotopic (exact) mass is 725 g/mol. The van der Waals surface area contributed by atoms with Crippen LogP contribution in [0.5, 0.6) is 5.75 Å². The number of phenolic OH excluding ortho intramolecular Hbond substituents is 1. The highest BCUT2D eigenvalue weighted by Gasteiger charge is 2.49. The van der Waals surface area contributed by atoms with Crippen molar-refractivity contribution in [1.82, 2.24) is 0 Å². The number of unbranched alkanes of at least 4 members (excludes halogenated alkanes) is 2. The van der Waals surface area contributed by atoms with E-state index in [9.17, 15) is 19.8 Å². The zero-order valence-electron chi connectivity index (χ0n) is 31.8. The first-order valence-corrected chi connectivity index (χ1v) is 20.8. The number of allylic oxidation sites excluding steroid dienone is 3. The predicted octanol–water partition coefficient (Wildman–Crippen LogP) is 8.77. The van der Waals surface area contributed by atoms with Crippen molar-refractivity contribution < 1.29 is 19.8 Å². The molecule has 0 saturated heterocycles. The van der Waals surface area contributed by atoms with Gasteiger partial charge in [0, 0.05) is 11.3 Å². The number of hydrogen-bond donors (Lipinski definition) is 3. The van der Waals surface area contributed by atoms with Crippen molar-refractivity contribution in [1.29, 1.82) is 0 Å². The molecule has 8 unspecified atom stereocenters. The minimum atomic E-state index is -0.698. The second-order valence-corrected chi connectivity index (χ2v) is 16.9. The summed E-state index contributed by atoms with van der Waals surface area (Å²) in [6.07, 6.45) is 26.0. The van der Waals surface area contributed by atoms with Crippen LogP contribution in [0, 0.1) is 35.5 Å². The molecule has 7 rings (SSSR count). The number of carbonyl (C=O) groups excluding carboxylic acids is 1. The Morgan fingerprint density at radius 3 is 2.43 bits per heavy atom. The van der Waals surface area contributed by atoms with E-state index in [1.54, 1.807) is 0 Å². The summed E-state index contributed by atoms with van der Waals surface area (Å²) >= 11 is 0. The number of carboxylic acid groups (broad SMARTS) is 1. The molecule has 8 atom stereocenters. The van der Waals surface area contributed by atoms with Gasteiger partial charge in [0.25, 0.3) is 0 Å². The van der Waals surface area contributed by atoms with E-state index in [0.29, 0.717) is 36.6 Å². The number of benzene rings is 3. The van der Waals surface area contributed by atoms with E-state index in [0.717, 1.165) is 83.5 Å². The van der Waals surface area contributed by atoms with Crippen molar-refractivity contribution in [2.75, 3.05) is 6.54 Å². The Morgan fingerprint density at radius 2 is 1.67 bits per heavy atom. The Labute approximate surface area is 321 Å². The molecule has 5 nitrogen and oxygen atoms in total. The van der Waals surface area contributed by atoms with Crippen molar-refractivity contribution >= 4 is 24.4 Å². The predicted molar refractivity (Wildman–Crippen MR) is 218 cm³/mol. The fraction of sp³-hybridized carbons (Fsp3) is 0.469. The molecule has 3 aromatic carbocycles. The number of aromatic hydroxyl groups is 1. The average Bonchev–Trinajstić information content (AvgIpc) is 3.65. The lowest BCUT2D eigenvalue weighted by Crippen LogP contribution is -2.47. The normalized spacial score (nSPS) is 28.3. The van der Waals surface area contributed by atoms with E-state index >= 15 is 0 Å². The maximum absolute atomic E-state index is 13.3. The first-order valence-electron chi connectivity index (χ1n) is 20.8. The van der Waals surface area contributed by atoms with E-state index < -0.39 is 17.3 Å². The first kappa shape index (κ1) is 38.1. The lowest BCUT2D eigenvalue weighted by molar-refractivity contribution is -0.145. The van der Waals surface area contributed by atoms with Crippen molar-refractivity contribution in [3.63, 3.8) is 0 Å². The minimum absolute atomic E-state index is 0.0899. The molecule has 1 saturated carbocycles. The van der Waals surface area contributed by atoms with Crippen molar-refractivity contribution in [2.45, 2.75) is 101 Å². The number of fused-ring (bicyclic) bond motifs is 5. The highest BCUT2D eigenvalue weighted by molar-refractivity contribution is 5.73. The summed E-state index contributed by atoms with van der Waals surface area (Å²) in [5, 5.41) is 23.7. The first-order chi connectivity index (χ1) is 26.4. The molecule has 284 valence electrons. The van der Waals surface area contributed by atoms with Gasteiger partial charge in [0.1, 0.15) is 12.0 Å². The molecule has 5 heteroatoms. The zero-order chi connectivity index (χ0) is 37.5. The second-order valence-electron chi connectivity index (χ2n) is 16.9. The molecular weight excluding hydrogens is 667 g/mol. The Morgan fingerprint density at radius 1 is 0.889 bits per heavy atom. The fourth-order valence-electron chi connectivity index (χ4n) is 10.7. The summed E-state index contributed by atoms with van der Waals surface area (Å²) in [6, 6.07) is 25.3. The van der Waals surface area contributed by atoms with Crippen LogP contribution < -0.4 is 16.2 Å². The third kappa shape index (κ3) is 8.52. The summed E-state index contributed by atoms with van der Waals surface area (Å²) in [5.41, 5.74) is 10.4. The Balaban J connectivity index is 1.13. The van der Waals surface area contributed by atoms with Gasteiger partial charge in [0.2, 0.25) is 0 Å². The largest absolute Gasteiger partial charge is 0.508 e. The highest BCUT2D eigenvalue weighted by atomic mass is 16.4. The molecule has 4 N–H and O–H groups in total. The molecule has 1 fully saturated rings. The Bertz CT molecular complexity index is 1940. The highest BCUT2D eigenvalue weighted by Crippen LogP contribution is 2.52. The topological polar surface area (TPSA) is 101 Å². The number of phenols is 1. The third-order valence-corrected chi connectivity index (χ3v) is 13.7. The smallest absolute Gasteiger partial charge is 0.307 e. The molecule has 4 aliphatic carbocycles. The lowest BCUT2D eigenvalue weighted by Gasteiger charge is -2.48. The van der Waals surface area contributed by atoms with E-state index in [2.05, 4.69) is 91.0 Å². The summed E-state index contributed by atoms with van der Waals surface area (Å²) in [6.45, 7) is 0.673. The molecule has 3 aromatic rings. The van der Waals surface area contributed by atoms with E-state index in [1.807, 2.05) is 12.1 Å². The molecule has 0 amide bonds. The molecule has 0 aliphatic heterocycles. The van der Waals surface area contributed by atoms with Crippen LogP contribution in [-0.2, 0) is 21.4 Å². The maximum atomic E-state index is 13.3. The van der Waals surface area contributed by atoms with Crippen LogP contribution in [0.25, 0.3) is 12.2 Å². The van der Waals surface area contributed by atoms with Crippen molar-refractivity contribution in [3.05, 3.63) is 124 Å². The third-order valence-electron chi connectivity index (χ3n) is 13.7. The van der Waals surface area contributed by atoms with Gasteiger partial charge in [0.15, 0.2) is 0 Å². The molecule has 1 spiro atoms. The van der Waals surface area contributed by atoms with Gasteiger partial charge in [-0.1, -0.05) is 116 Å². The molecule has 54 heavy (non-hydrogen) atoms. The van der Waals surface area contributed by atoms with Crippen LogP contribution in [0.3, 0.4) is 0 Å². The Hall–Kier alpha value is -4.22. The van der Waals surface area contributed by atoms with Crippen molar-refractivity contribution in [3.8, 4) is 5.75 Å². The number of carboxylic acids is 1. The molecule has 4 aliphatic rings. The van der Waals surface area contributed by atoms with Crippen molar-refractivity contribution in [2.24, 2.45) is 41.2 Å². The Kier molecular flexibility index (Phi) is 12.3. The summed E-state index contributed by atoms with van der Waals surface area (Å²) < 4.78 is 0. The molecule has 0 aromatic heterocycles. The summed E-state index contributed by atoms with van der Waals surface area (Å²) in [5.74, 6) is 0.850. The van der Waals surface area contributed by atoms with Gasteiger partial charge in [-0.25, -0.2) is 0 Å². The van der Waals surface area contributed by atoms with E-state index in [4.69, 9.17) is 5.73 Å². The quantitative estimate of drug-likeness (QED) is 0.0985. The van der Waals surface area contributed by atoms with Gasteiger partial charge >= 0.3 is 5.97 Å². The van der Waals surface area contributed by atoms with Gasteiger partial charge in [0.05, 0.1) is 5.92 Å². The molecular formula is C49H59NO4. The van der Waals surface area contributed by atoms with Crippen LogP contribution in [0.2, 0.25) is 0 Å². The standard InChI is InChI=1S/C49H59NO4/c50-26-24-34-17-18-40(27-34)42(33-51)14-3-1-2-10-36-11-6-7-16-47(48(53)54)49(25-23-41-30-38-12-4-5-13-39(38)31-43(41)32-49)44-15-8-9-35(28-44)29-46(36)37-19-21-45(52)22-20-37/h4-9,12-13,15,19-22,27-28,30-31,33,36,40-43,46-47,52H,1-3,10-11,14,16-18,23-26,29,32,50H2,(H,53,54). The summed E-state index contributed by atoms with van der Waals surface area (Å²) in [7, 11) is 0. The number of carbonyl (C=O) groups is 2. The maximum Gasteiger partial charge on any atom is 0.307 e. The van der Waals surface area contributed by atoms with Crippen LogP contribution in [0.4, 0.5) is 0 Å². The van der Waals surface area contributed by atoms with Crippen LogP contribution in [0.15, 0.2) is 96.6 Å². The number of hydrogen-bond acceptors (Lipinski definition) is 4. The number of rotatable bonds is 12. The van der Waals surface area contributed by atoms with Crippen LogP contribution in [-0.4, -0.2) is 29.0 Å². The SMILES string of the molecule is NCCC1=CC(C(C=O)CCCCCC2CC=CCC(C(=O)O)C3(CCC4C=c5ccccc5=CC4C3)c3cccc(c3)CC2c2ccc(O)cc2)CC1. The minimum Gasteiger partial charge on any atom is -0.508 e. The van der Waals surface area contributed by atoms with Gasteiger partial charge in [-0.3, -0.25) is 4.79 Å². The molecule has 0 heterocycles. The van der Waals surface area contributed by atoms with E-state index in [-0.39, 0.29) is 17.6 Å². The van der Waals surface area contributed by atoms with Crippen LogP contribution in [0.1, 0.15) is 106 Å². The average molecular weight is 726 g/mol. The lowest BCUT2D eigenvalue weighted by atomic mass is 9.55. The number of aliphatic carboxylic acids is 1. The van der Waals surface area contributed by atoms with Crippen LogP contribution >= 0.6 is 0 Å². The molecule has 2 bridgehead atoms. The molecule has 0 radical (unpaired) electrons. The van der Waals surface area contributed by atoms with Gasteiger partial charge in [-0.05, 0) is 146 Å². The zero-order valence-corrected chi connectivity index (χ0v) is 31.8. The summed E-state index contributed by atoms with van der Waals surface area (Å²) in [4.78, 5) is 25.4.